The average molecular weight is 215 g/mol. The number of carbonyl (C=O) groups excluding carboxylic acids is 2. The van der Waals surface area contributed by atoms with E-state index in [0.29, 0.717) is 6.54 Å². The molecule has 0 aliphatic heterocycles. The fraction of sp³-hybridized carbons (Fsp3) is 0.500. The van der Waals surface area contributed by atoms with Crippen LogP contribution in [0.25, 0.3) is 0 Å². The van der Waals surface area contributed by atoms with E-state index in [4.69, 9.17) is 30.6 Å². The number of rotatable bonds is 1. The van der Waals surface area contributed by atoms with Crippen molar-refractivity contribution in [3.05, 3.63) is 0 Å². The van der Waals surface area contributed by atoms with Gasteiger partial charge in [-0.2, -0.15) is 0 Å². The van der Waals surface area contributed by atoms with E-state index in [-0.39, 0.29) is 23.7 Å². The third kappa shape index (κ3) is 3550. The van der Waals surface area contributed by atoms with Gasteiger partial charge < -0.3 is 30.6 Å². The van der Waals surface area contributed by atoms with Gasteiger partial charge in [-0.3, -0.25) is 0 Å². The van der Waals surface area contributed by atoms with E-state index in [0.717, 1.165) is 0 Å². The maximum Gasteiger partial charge on any atom is 2.00 e. The van der Waals surface area contributed by atoms with Crippen LogP contribution >= 0.6 is 0 Å². The van der Waals surface area contributed by atoms with Gasteiger partial charge in [0.25, 0.3) is 0 Å². The maximum atomic E-state index is 8.25. The first-order valence-corrected chi connectivity index (χ1v) is 2.17. The summed E-state index contributed by atoms with van der Waals surface area (Å²) in [5.74, 6) is 0. The normalized spacial score (nSPS) is 4.91. The maximum absolute atomic E-state index is 8.25. The number of hydrogen-bond acceptors (Lipinski definition) is 6. The predicted octanol–water partition coefficient (Wildman–Crippen LogP) is -4.33. The fourth-order valence-corrected chi connectivity index (χ4v) is 0. The molecule has 0 saturated heterocycles. The standard InChI is InChI=1S/C2H7NO.2CH2O2.Cu/c3-1-2-4;2*2-1-3;/h4H,1-3H2;2*1H,(H,2,3);/q;;;+2/p-2. The smallest absolute Gasteiger partial charge is 0.554 e. The second-order valence-electron chi connectivity index (χ2n) is 0.705. The Kier molecular flexibility index (Phi) is 118. The van der Waals surface area contributed by atoms with Crippen LogP contribution in [0.1, 0.15) is 0 Å². The molecule has 71 valence electrons. The zero-order chi connectivity index (χ0) is 8.83. The van der Waals surface area contributed by atoms with Crippen LogP contribution in [0.15, 0.2) is 0 Å². The molecule has 0 aliphatic carbocycles. The number of carbonyl (C=O) groups is 2. The topological polar surface area (TPSA) is 127 Å². The molecule has 0 aliphatic rings. The summed E-state index contributed by atoms with van der Waals surface area (Å²) < 4.78 is 0. The van der Waals surface area contributed by atoms with Crippen LogP contribution in [0.4, 0.5) is 0 Å². The Hall–Kier alpha value is -0.621. The summed E-state index contributed by atoms with van der Waals surface area (Å²) in [5.41, 5.74) is 4.78. The fourth-order valence-electron chi connectivity index (χ4n) is 0. The average Bonchev–Trinajstić information content (AvgIpc) is 1.91. The third-order valence-electron chi connectivity index (χ3n) is 0.129. The largest absolute Gasteiger partial charge is 2.00 e. The van der Waals surface area contributed by atoms with Crippen molar-refractivity contribution >= 4 is 12.9 Å². The molecule has 0 amide bonds. The molecular formula is C4H9CuNO5. The Morgan fingerprint density at radius 2 is 1.36 bits per heavy atom. The van der Waals surface area contributed by atoms with Gasteiger partial charge >= 0.3 is 17.1 Å². The summed E-state index contributed by atoms with van der Waals surface area (Å²) in [5, 5.41) is 24.2. The Labute approximate surface area is 74.5 Å². The summed E-state index contributed by atoms with van der Waals surface area (Å²) in [6, 6.07) is 0. The summed E-state index contributed by atoms with van der Waals surface area (Å²) in [7, 11) is 0. The monoisotopic (exact) mass is 214 g/mol. The number of aliphatic hydroxyl groups excluding tert-OH is 1. The number of nitrogens with two attached hydrogens (primary N) is 1. The van der Waals surface area contributed by atoms with Gasteiger partial charge in [0, 0.05) is 19.5 Å². The minimum Gasteiger partial charge on any atom is -0.554 e. The molecule has 6 nitrogen and oxygen atoms in total. The van der Waals surface area contributed by atoms with Crippen LogP contribution in [0.5, 0.6) is 0 Å². The third-order valence-corrected chi connectivity index (χ3v) is 0.129. The van der Waals surface area contributed by atoms with Crippen LogP contribution in [-0.4, -0.2) is 31.2 Å². The first-order valence-electron chi connectivity index (χ1n) is 2.17. The van der Waals surface area contributed by atoms with Crippen molar-refractivity contribution in [2.75, 3.05) is 13.2 Å². The molecule has 0 aromatic heterocycles. The quantitative estimate of drug-likeness (QED) is 0.336. The molecule has 0 aromatic carbocycles. The summed E-state index contributed by atoms with van der Waals surface area (Å²) in [6.07, 6.45) is 0. The Bertz CT molecular complexity index is 54.4. The first-order chi connectivity index (χ1) is 4.74. The molecule has 0 rings (SSSR count). The van der Waals surface area contributed by atoms with E-state index in [9.17, 15) is 0 Å². The first kappa shape index (κ1) is 22.4. The molecule has 3 N–H and O–H groups in total. The van der Waals surface area contributed by atoms with Gasteiger partial charge in [-0.1, -0.05) is 0 Å². The number of hydrogen-bond donors (Lipinski definition) is 2. The molecule has 0 aromatic rings. The van der Waals surface area contributed by atoms with E-state index >= 15 is 0 Å². The second-order valence-corrected chi connectivity index (χ2v) is 0.705. The summed E-state index contributed by atoms with van der Waals surface area (Å²) in [6.45, 7) is -0.528. The van der Waals surface area contributed by atoms with Gasteiger partial charge in [0.2, 0.25) is 0 Å². The molecule has 0 bridgehead atoms. The Morgan fingerprint density at radius 3 is 1.36 bits per heavy atom. The molecule has 0 fully saturated rings. The van der Waals surface area contributed by atoms with Crippen molar-refractivity contribution in [1.29, 1.82) is 0 Å². The van der Waals surface area contributed by atoms with Crippen molar-refractivity contribution in [3.8, 4) is 0 Å². The SMILES string of the molecule is NCCO.O=C[O-].O=C[O-].[Cu+2]. The van der Waals surface area contributed by atoms with E-state index in [1.54, 1.807) is 0 Å². The molecule has 0 heterocycles. The van der Waals surface area contributed by atoms with Crippen molar-refractivity contribution in [3.63, 3.8) is 0 Å². The minimum atomic E-state index is -0.500. The van der Waals surface area contributed by atoms with Gasteiger partial charge in [0.1, 0.15) is 0 Å². The van der Waals surface area contributed by atoms with Gasteiger partial charge in [0.15, 0.2) is 0 Å². The van der Waals surface area contributed by atoms with E-state index in [1.165, 1.54) is 0 Å². The number of aliphatic hydroxyl groups is 1. The van der Waals surface area contributed by atoms with Gasteiger partial charge in [-0.05, 0) is 0 Å². The molecule has 11 heavy (non-hydrogen) atoms. The van der Waals surface area contributed by atoms with Crippen molar-refractivity contribution in [1.82, 2.24) is 0 Å². The predicted molar refractivity (Wildman–Crippen MR) is 28.3 cm³/mol. The van der Waals surface area contributed by atoms with E-state index in [1.807, 2.05) is 0 Å². The van der Waals surface area contributed by atoms with Gasteiger partial charge in [0.05, 0.1) is 6.61 Å². The Morgan fingerprint density at radius 1 is 1.27 bits per heavy atom. The molecule has 0 atom stereocenters. The zero-order valence-corrected chi connectivity index (χ0v) is 6.47. The van der Waals surface area contributed by atoms with Gasteiger partial charge in [-0.15, -0.1) is 0 Å². The van der Waals surface area contributed by atoms with Crippen LogP contribution in [0.3, 0.4) is 0 Å². The molecule has 0 unspecified atom stereocenters. The Balaban J connectivity index is -0.0000000325. The van der Waals surface area contributed by atoms with E-state index < -0.39 is 12.9 Å². The number of carboxylic acid groups (broad SMARTS) is 2. The van der Waals surface area contributed by atoms with Crippen molar-refractivity contribution < 1.29 is 42.0 Å². The van der Waals surface area contributed by atoms with Crippen molar-refractivity contribution in [2.24, 2.45) is 5.73 Å². The summed E-state index contributed by atoms with van der Waals surface area (Å²) in [4.78, 5) is 16.5. The van der Waals surface area contributed by atoms with Crippen LogP contribution in [0, 0.1) is 0 Å². The van der Waals surface area contributed by atoms with Crippen LogP contribution in [0.2, 0.25) is 0 Å². The molecular weight excluding hydrogens is 206 g/mol. The molecule has 0 saturated carbocycles. The second kappa shape index (κ2) is 57.7. The van der Waals surface area contributed by atoms with Crippen LogP contribution in [-0.2, 0) is 26.7 Å². The van der Waals surface area contributed by atoms with Crippen LogP contribution < -0.4 is 15.9 Å². The summed E-state index contributed by atoms with van der Waals surface area (Å²) >= 11 is 0. The van der Waals surface area contributed by atoms with Gasteiger partial charge in [-0.25, -0.2) is 0 Å². The van der Waals surface area contributed by atoms with E-state index in [2.05, 4.69) is 0 Å². The molecule has 0 spiro atoms. The minimum absolute atomic E-state index is 0. The van der Waals surface area contributed by atoms with Crippen molar-refractivity contribution in [2.45, 2.75) is 0 Å². The zero-order valence-electron chi connectivity index (χ0n) is 5.53. The molecule has 7 heteroatoms. The molecule has 1 radical (unpaired) electrons.